The highest BCUT2D eigenvalue weighted by Crippen LogP contribution is 2.25. The van der Waals surface area contributed by atoms with Crippen LogP contribution in [0, 0.1) is 0 Å². The van der Waals surface area contributed by atoms with Crippen molar-refractivity contribution in [2.24, 2.45) is 0 Å². The number of ether oxygens (including phenoxy) is 1. The van der Waals surface area contributed by atoms with Gasteiger partial charge in [0.2, 0.25) is 0 Å². The smallest absolute Gasteiger partial charge is 0.345 e. The zero-order valence-corrected chi connectivity index (χ0v) is 10.5. The van der Waals surface area contributed by atoms with Crippen LogP contribution in [-0.2, 0) is 14.6 Å². The van der Waals surface area contributed by atoms with E-state index in [1.165, 1.54) is 7.11 Å². The van der Waals surface area contributed by atoms with Crippen LogP contribution in [0.5, 0.6) is 0 Å². The third-order valence-corrected chi connectivity index (χ3v) is 4.61. The van der Waals surface area contributed by atoms with Crippen molar-refractivity contribution >= 4 is 15.8 Å². The summed E-state index contributed by atoms with van der Waals surface area (Å²) >= 11 is 0. The predicted molar refractivity (Wildman–Crippen MR) is 62.2 cm³/mol. The van der Waals surface area contributed by atoms with Crippen molar-refractivity contribution in [3.8, 4) is 0 Å². The van der Waals surface area contributed by atoms with E-state index in [0.29, 0.717) is 12.2 Å². The van der Waals surface area contributed by atoms with Crippen molar-refractivity contribution in [3.05, 3.63) is 27.9 Å². The highest BCUT2D eigenvalue weighted by molar-refractivity contribution is 7.91. The molecule has 0 amide bonds. The summed E-state index contributed by atoms with van der Waals surface area (Å²) in [5, 5.41) is 0. The second-order valence-electron chi connectivity index (χ2n) is 4.10. The number of nitrogens with zero attached hydrogens (tertiary/aromatic N) is 1. The Bertz CT molecular complexity index is 634. The van der Waals surface area contributed by atoms with E-state index in [1.54, 1.807) is 0 Å². The van der Waals surface area contributed by atoms with Crippen molar-refractivity contribution in [1.29, 1.82) is 0 Å². The molecule has 0 spiro atoms. The number of methoxy groups -OCH3 is 1. The number of esters is 1. The number of aromatic amines is 1. The first-order valence-corrected chi connectivity index (χ1v) is 7.13. The molecule has 0 bridgehead atoms. The molecule has 1 aliphatic heterocycles. The molecule has 7 nitrogen and oxygen atoms in total. The fraction of sp³-hybridized carbons (Fsp3) is 0.500. The third-order valence-electron chi connectivity index (χ3n) is 2.84. The summed E-state index contributed by atoms with van der Waals surface area (Å²) in [7, 11) is -1.88. The van der Waals surface area contributed by atoms with E-state index in [-0.39, 0.29) is 23.0 Å². The minimum absolute atomic E-state index is 0.0203. The maximum Gasteiger partial charge on any atom is 0.345 e. The van der Waals surface area contributed by atoms with Crippen LogP contribution in [0.2, 0.25) is 0 Å². The average Bonchev–Trinajstić information content (AvgIpc) is 2.68. The van der Waals surface area contributed by atoms with Gasteiger partial charge >= 0.3 is 5.97 Å². The van der Waals surface area contributed by atoms with Crippen LogP contribution < -0.4 is 5.56 Å². The van der Waals surface area contributed by atoms with Gasteiger partial charge in [-0.1, -0.05) is 0 Å². The molecule has 1 fully saturated rings. The van der Waals surface area contributed by atoms with Gasteiger partial charge < -0.3 is 9.72 Å². The number of aromatic nitrogens is 2. The SMILES string of the molecule is COC(=O)c1cnc(C2CCS(=O)(=O)C2)[nH]c1=O. The third kappa shape index (κ3) is 2.42. The summed E-state index contributed by atoms with van der Waals surface area (Å²) in [5.41, 5.74) is -0.807. The van der Waals surface area contributed by atoms with Gasteiger partial charge in [0.05, 0.1) is 18.6 Å². The number of sulfone groups is 1. The van der Waals surface area contributed by atoms with Crippen molar-refractivity contribution in [1.82, 2.24) is 9.97 Å². The fourth-order valence-corrected chi connectivity index (χ4v) is 3.63. The first-order chi connectivity index (χ1) is 8.43. The van der Waals surface area contributed by atoms with Crippen LogP contribution in [0.15, 0.2) is 11.0 Å². The Balaban J connectivity index is 2.30. The summed E-state index contributed by atoms with van der Waals surface area (Å²) in [6.07, 6.45) is 1.55. The molecule has 1 unspecified atom stereocenters. The summed E-state index contributed by atoms with van der Waals surface area (Å²) in [4.78, 5) is 29.2. The van der Waals surface area contributed by atoms with Gasteiger partial charge in [-0.05, 0) is 6.42 Å². The Morgan fingerprint density at radius 3 is 2.78 bits per heavy atom. The Labute approximate surface area is 103 Å². The van der Waals surface area contributed by atoms with Gasteiger partial charge in [0.15, 0.2) is 9.84 Å². The Morgan fingerprint density at radius 1 is 1.56 bits per heavy atom. The lowest BCUT2D eigenvalue weighted by Gasteiger charge is -2.06. The highest BCUT2D eigenvalue weighted by atomic mass is 32.2. The lowest BCUT2D eigenvalue weighted by Crippen LogP contribution is -2.22. The molecule has 0 aromatic carbocycles. The molecule has 0 saturated carbocycles. The van der Waals surface area contributed by atoms with E-state index >= 15 is 0 Å². The second kappa shape index (κ2) is 4.52. The van der Waals surface area contributed by atoms with Crippen LogP contribution in [0.4, 0.5) is 0 Å². The first kappa shape index (κ1) is 12.7. The maximum atomic E-state index is 11.6. The van der Waals surface area contributed by atoms with Gasteiger partial charge in [0.1, 0.15) is 11.4 Å². The van der Waals surface area contributed by atoms with Crippen molar-refractivity contribution < 1.29 is 17.9 Å². The summed E-state index contributed by atoms with van der Waals surface area (Å²) in [6.45, 7) is 0. The molecule has 0 aliphatic carbocycles. The van der Waals surface area contributed by atoms with Gasteiger partial charge in [0, 0.05) is 12.1 Å². The minimum Gasteiger partial charge on any atom is -0.465 e. The molecule has 98 valence electrons. The molecule has 1 aromatic heterocycles. The average molecular weight is 272 g/mol. The van der Waals surface area contributed by atoms with Crippen LogP contribution in [-0.4, -0.2) is 43.0 Å². The van der Waals surface area contributed by atoms with E-state index in [0.717, 1.165) is 6.20 Å². The molecule has 0 radical (unpaired) electrons. The molecule has 2 rings (SSSR count). The molecular formula is C10H12N2O5S. The monoisotopic (exact) mass is 272 g/mol. The second-order valence-corrected chi connectivity index (χ2v) is 6.33. The van der Waals surface area contributed by atoms with Crippen LogP contribution >= 0.6 is 0 Å². The summed E-state index contributed by atoms with van der Waals surface area (Å²) in [5.74, 6) is -0.703. The predicted octanol–water partition coefficient (Wildman–Crippen LogP) is -0.541. The van der Waals surface area contributed by atoms with E-state index < -0.39 is 21.4 Å². The molecule has 2 heterocycles. The Hall–Kier alpha value is -1.70. The van der Waals surface area contributed by atoms with Crippen LogP contribution in [0.1, 0.15) is 28.5 Å². The van der Waals surface area contributed by atoms with Gasteiger partial charge in [-0.15, -0.1) is 0 Å². The van der Waals surface area contributed by atoms with E-state index in [1.807, 2.05) is 0 Å². The Kier molecular flexibility index (Phi) is 3.20. The number of carbonyl (C=O) groups excluding carboxylic acids is 1. The van der Waals surface area contributed by atoms with Crippen LogP contribution in [0.25, 0.3) is 0 Å². The molecule has 8 heteroatoms. The molecule has 1 aliphatic rings. The largest absolute Gasteiger partial charge is 0.465 e. The van der Waals surface area contributed by atoms with Gasteiger partial charge in [-0.3, -0.25) is 4.79 Å². The molecular weight excluding hydrogens is 260 g/mol. The maximum absolute atomic E-state index is 11.6. The van der Waals surface area contributed by atoms with Crippen molar-refractivity contribution in [2.45, 2.75) is 12.3 Å². The zero-order valence-electron chi connectivity index (χ0n) is 9.67. The molecule has 18 heavy (non-hydrogen) atoms. The van der Waals surface area contributed by atoms with E-state index in [4.69, 9.17) is 0 Å². The van der Waals surface area contributed by atoms with E-state index in [9.17, 15) is 18.0 Å². The summed E-state index contributed by atoms with van der Waals surface area (Å²) in [6, 6.07) is 0. The quantitative estimate of drug-likeness (QED) is 0.725. The lowest BCUT2D eigenvalue weighted by atomic mass is 10.1. The molecule has 1 aromatic rings. The number of carbonyl (C=O) groups is 1. The number of H-pyrrole nitrogens is 1. The molecule has 1 atom stereocenters. The lowest BCUT2D eigenvalue weighted by molar-refractivity contribution is 0.0598. The number of hydrogen-bond acceptors (Lipinski definition) is 6. The number of rotatable bonds is 2. The summed E-state index contributed by atoms with van der Waals surface area (Å²) < 4.78 is 27.1. The topological polar surface area (TPSA) is 106 Å². The van der Waals surface area contributed by atoms with Crippen LogP contribution in [0.3, 0.4) is 0 Å². The number of nitrogens with one attached hydrogen (secondary N) is 1. The van der Waals surface area contributed by atoms with Gasteiger partial charge in [-0.2, -0.15) is 0 Å². The Morgan fingerprint density at radius 2 is 2.28 bits per heavy atom. The first-order valence-electron chi connectivity index (χ1n) is 5.31. The normalized spacial score (nSPS) is 21.7. The standard InChI is InChI=1S/C10H12N2O5S/c1-17-10(14)7-4-11-8(12-9(7)13)6-2-3-18(15,16)5-6/h4,6H,2-3,5H2,1H3,(H,11,12,13). The van der Waals surface area contributed by atoms with Gasteiger partial charge in [0.25, 0.3) is 5.56 Å². The van der Waals surface area contributed by atoms with E-state index in [2.05, 4.69) is 14.7 Å². The molecule has 1 N–H and O–H groups in total. The fourth-order valence-electron chi connectivity index (χ4n) is 1.88. The molecule has 1 saturated heterocycles. The van der Waals surface area contributed by atoms with Crippen molar-refractivity contribution in [2.75, 3.05) is 18.6 Å². The highest BCUT2D eigenvalue weighted by Gasteiger charge is 2.31. The number of hydrogen-bond donors (Lipinski definition) is 1. The minimum atomic E-state index is -3.04. The van der Waals surface area contributed by atoms with Gasteiger partial charge in [-0.25, -0.2) is 18.2 Å². The zero-order chi connectivity index (χ0) is 13.3. The van der Waals surface area contributed by atoms with Crippen molar-refractivity contribution in [3.63, 3.8) is 0 Å².